The van der Waals surface area contributed by atoms with E-state index in [9.17, 15) is 19.5 Å². The Morgan fingerprint density at radius 3 is 2.65 bits per heavy atom. The van der Waals surface area contributed by atoms with Gasteiger partial charge in [-0.05, 0) is 47.9 Å². The van der Waals surface area contributed by atoms with E-state index >= 15 is 0 Å². The summed E-state index contributed by atoms with van der Waals surface area (Å²) in [5.74, 6) is -1.34. The topological polar surface area (TPSA) is 112 Å². The van der Waals surface area contributed by atoms with Crippen molar-refractivity contribution in [2.45, 2.75) is 6.92 Å². The summed E-state index contributed by atoms with van der Waals surface area (Å²) in [5.41, 5.74) is 5.41. The largest absolute Gasteiger partial charge is 0.478 e. The van der Waals surface area contributed by atoms with Gasteiger partial charge in [0, 0.05) is 36.2 Å². The molecule has 0 unspecified atom stereocenters. The molecule has 2 amide bonds. The molecule has 34 heavy (non-hydrogen) atoms. The minimum absolute atomic E-state index is 0.0656. The number of carbonyl (C=O) groups is 3. The van der Waals surface area contributed by atoms with Crippen LogP contribution in [0.15, 0.2) is 48.7 Å². The SMILES string of the molecule is Cc1c(C(=O)N2CCOCC2)c[nH]c1C=C1C(=O)Nc2cccc(-c3cccc(C(=O)O)c3)c21. The lowest BCUT2D eigenvalue weighted by molar-refractivity contribution is -0.110. The number of ether oxygens (including phenoxy) is 1. The van der Waals surface area contributed by atoms with Gasteiger partial charge in [0.15, 0.2) is 0 Å². The normalized spacial score (nSPS) is 16.4. The van der Waals surface area contributed by atoms with E-state index < -0.39 is 5.97 Å². The number of rotatable bonds is 4. The molecule has 0 bridgehead atoms. The first-order chi connectivity index (χ1) is 16.4. The van der Waals surface area contributed by atoms with Crippen LogP contribution in [0.4, 0.5) is 5.69 Å². The second-order valence-electron chi connectivity index (χ2n) is 8.27. The second kappa shape index (κ2) is 8.64. The number of carbonyl (C=O) groups excluding carboxylic acids is 2. The molecule has 172 valence electrons. The maximum absolute atomic E-state index is 13.0. The maximum atomic E-state index is 13.0. The van der Waals surface area contributed by atoms with Crippen LogP contribution >= 0.6 is 0 Å². The molecule has 8 nitrogen and oxygen atoms in total. The van der Waals surface area contributed by atoms with Crippen LogP contribution in [-0.4, -0.2) is 59.1 Å². The van der Waals surface area contributed by atoms with Gasteiger partial charge in [-0.1, -0.05) is 24.3 Å². The number of hydrogen-bond acceptors (Lipinski definition) is 4. The summed E-state index contributed by atoms with van der Waals surface area (Å²) < 4.78 is 5.33. The monoisotopic (exact) mass is 457 g/mol. The molecule has 3 N–H and O–H groups in total. The molecular formula is C26H23N3O5. The predicted octanol–water partition coefficient (Wildman–Crippen LogP) is 3.65. The zero-order valence-electron chi connectivity index (χ0n) is 18.6. The van der Waals surface area contributed by atoms with Gasteiger partial charge in [0.05, 0.1) is 29.9 Å². The average molecular weight is 457 g/mol. The second-order valence-corrected chi connectivity index (χ2v) is 8.27. The summed E-state index contributed by atoms with van der Waals surface area (Å²) in [5, 5.41) is 12.3. The first-order valence-corrected chi connectivity index (χ1v) is 11.0. The van der Waals surface area contributed by atoms with E-state index in [-0.39, 0.29) is 17.4 Å². The van der Waals surface area contributed by atoms with Gasteiger partial charge >= 0.3 is 5.97 Å². The Morgan fingerprint density at radius 1 is 1.12 bits per heavy atom. The van der Waals surface area contributed by atoms with Crippen molar-refractivity contribution in [3.8, 4) is 11.1 Å². The molecule has 1 saturated heterocycles. The summed E-state index contributed by atoms with van der Waals surface area (Å²) in [6.45, 7) is 4.00. The van der Waals surface area contributed by atoms with Crippen LogP contribution < -0.4 is 5.32 Å². The number of benzene rings is 2. The standard InChI is InChI=1S/C26H23N3O5/c1-15-20(25(31)29-8-10-34-11-9-29)14-27-22(15)13-19-23-18(6-3-7-21(23)28-24(19)30)16-4-2-5-17(12-16)26(32)33/h2-7,12-14,27H,8-11H2,1H3,(H,28,30)(H,32,33). The van der Waals surface area contributed by atoms with Gasteiger partial charge in [0.2, 0.25) is 0 Å². The van der Waals surface area contributed by atoms with Crippen LogP contribution in [0, 0.1) is 6.92 Å². The van der Waals surface area contributed by atoms with Crippen molar-refractivity contribution >= 4 is 35.1 Å². The van der Waals surface area contributed by atoms with Crippen LogP contribution in [0.3, 0.4) is 0 Å². The zero-order chi connectivity index (χ0) is 23.8. The summed E-state index contributed by atoms with van der Waals surface area (Å²) in [4.78, 5) is 42.3. The summed E-state index contributed by atoms with van der Waals surface area (Å²) >= 11 is 0. The fourth-order valence-electron chi connectivity index (χ4n) is 4.41. The molecule has 3 aromatic rings. The Kier molecular flexibility index (Phi) is 5.51. The molecule has 0 atom stereocenters. The number of aromatic carboxylic acids is 1. The lowest BCUT2D eigenvalue weighted by Crippen LogP contribution is -2.40. The fourth-order valence-corrected chi connectivity index (χ4v) is 4.41. The van der Waals surface area contributed by atoms with Crippen molar-refractivity contribution in [3.63, 3.8) is 0 Å². The average Bonchev–Trinajstić information content (AvgIpc) is 3.38. The Morgan fingerprint density at radius 2 is 1.88 bits per heavy atom. The smallest absolute Gasteiger partial charge is 0.335 e. The molecule has 1 aromatic heterocycles. The number of aromatic amines is 1. The predicted molar refractivity (Wildman–Crippen MR) is 128 cm³/mol. The molecule has 5 rings (SSSR count). The number of amides is 2. The van der Waals surface area contributed by atoms with E-state index in [2.05, 4.69) is 10.3 Å². The van der Waals surface area contributed by atoms with Crippen LogP contribution in [0.2, 0.25) is 0 Å². The third-order valence-corrected chi connectivity index (χ3v) is 6.24. The lowest BCUT2D eigenvalue weighted by atomic mass is 9.93. The Balaban J connectivity index is 1.55. The number of morpholine rings is 1. The highest BCUT2D eigenvalue weighted by Gasteiger charge is 2.29. The molecule has 2 aliphatic heterocycles. The molecule has 0 saturated carbocycles. The van der Waals surface area contributed by atoms with Crippen LogP contribution in [-0.2, 0) is 9.53 Å². The minimum Gasteiger partial charge on any atom is -0.478 e. The first-order valence-electron chi connectivity index (χ1n) is 11.0. The van der Waals surface area contributed by atoms with E-state index in [1.807, 2.05) is 31.2 Å². The van der Waals surface area contributed by atoms with Crippen LogP contribution in [0.25, 0.3) is 22.8 Å². The highest BCUT2D eigenvalue weighted by Crippen LogP contribution is 2.40. The van der Waals surface area contributed by atoms with Crippen LogP contribution in [0.1, 0.15) is 37.5 Å². The van der Waals surface area contributed by atoms with Crippen molar-refractivity contribution < 1.29 is 24.2 Å². The first kappa shape index (κ1) is 21.7. The highest BCUT2D eigenvalue weighted by atomic mass is 16.5. The lowest BCUT2D eigenvalue weighted by Gasteiger charge is -2.26. The van der Waals surface area contributed by atoms with Gasteiger partial charge in [0.1, 0.15) is 0 Å². The third-order valence-electron chi connectivity index (χ3n) is 6.24. The number of hydrogen-bond donors (Lipinski definition) is 3. The molecule has 8 heteroatoms. The van der Waals surface area contributed by atoms with Gasteiger partial charge in [-0.25, -0.2) is 4.79 Å². The number of anilines is 1. The van der Waals surface area contributed by atoms with Crippen molar-refractivity contribution in [2.24, 2.45) is 0 Å². The van der Waals surface area contributed by atoms with Crippen molar-refractivity contribution in [3.05, 3.63) is 76.6 Å². The Hall–Kier alpha value is -4.17. The maximum Gasteiger partial charge on any atom is 0.335 e. The number of H-pyrrole nitrogens is 1. The molecule has 0 radical (unpaired) electrons. The van der Waals surface area contributed by atoms with Gasteiger partial charge < -0.3 is 25.0 Å². The van der Waals surface area contributed by atoms with Crippen LogP contribution in [0.5, 0.6) is 0 Å². The van der Waals surface area contributed by atoms with E-state index in [1.165, 1.54) is 6.07 Å². The number of fused-ring (bicyclic) bond motifs is 1. The quantitative estimate of drug-likeness (QED) is 0.518. The molecule has 3 heterocycles. The summed E-state index contributed by atoms with van der Waals surface area (Å²) in [6, 6.07) is 12.1. The molecule has 2 aromatic carbocycles. The molecule has 2 aliphatic rings. The minimum atomic E-state index is -1.01. The Labute approximate surface area is 195 Å². The molecule has 0 aliphatic carbocycles. The van der Waals surface area contributed by atoms with Gasteiger partial charge in [-0.15, -0.1) is 0 Å². The highest BCUT2D eigenvalue weighted by molar-refractivity contribution is 6.36. The number of carboxylic acids is 1. The van der Waals surface area contributed by atoms with E-state index in [1.54, 1.807) is 29.3 Å². The van der Waals surface area contributed by atoms with Crippen molar-refractivity contribution in [1.29, 1.82) is 0 Å². The number of nitrogens with zero attached hydrogens (tertiary/aromatic N) is 1. The molecule has 0 spiro atoms. The number of aromatic nitrogens is 1. The third kappa shape index (κ3) is 3.78. The van der Waals surface area contributed by atoms with Gasteiger partial charge in [0.25, 0.3) is 11.8 Å². The van der Waals surface area contributed by atoms with Crippen molar-refractivity contribution in [2.75, 3.05) is 31.6 Å². The molecular weight excluding hydrogens is 434 g/mol. The van der Waals surface area contributed by atoms with Gasteiger partial charge in [-0.3, -0.25) is 9.59 Å². The fraction of sp³-hybridized carbons (Fsp3) is 0.192. The zero-order valence-corrected chi connectivity index (χ0v) is 18.6. The van der Waals surface area contributed by atoms with Crippen molar-refractivity contribution in [1.82, 2.24) is 9.88 Å². The molecule has 1 fully saturated rings. The van der Waals surface area contributed by atoms with E-state index in [0.29, 0.717) is 59.9 Å². The Bertz CT molecular complexity index is 1350. The number of carboxylic acid groups (broad SMARTS) is 1. The summed E-state index contributed by atoms with van der Waals surface area (Å²) in [6.07, 6.45) is 3.42. The van der Waals surface area contributed by atoms with E-state index in [4.69, 9.17) is 4.74 Å². The van der Waals surface area contributed by atoms with Gasteiger partial charge in [-0.2, -0.15) is 0 Å². The number of nitrogens with one attached hydrogen (secondary N) is 2. The van der Waals surface area contributed by atoms with E-state index in [0.717, 1.165) is 11.1 Å². The summed E-state index contributed by atoms with van der Waals surface area (Å²) in [7, 11) is 0.